The van der Waals surface area contributed by atoms with Gasteiger partial charge in [-0.15, -0.1) is 0 Å². The zero-order valence-electron chi connectivity index (χ0n) is 15.1. The van der Waals surface area contributed by atoms with Gasteiger partial charge in [0.1, 0.15) is 0 Å². The smallest absolute Gasteiger partial charge is 0.257 e. The molecule has 6 nitrogen and oxygen atoms in total. The van der Waals surface area contributed by atoms with Crippen LogP contribution in [0.2, 0.25) is 0 Å². The molecule has 134 valence electrons. The summed E-state index contributed by atoms with van der Waals surface area (Å²) in [5.74, 6) is 0.826. The number of rotatable bonds is 3. The summed E-state index contributed by atoms with van der Waals surface area (Å²) >= 11 is 0. The van der Waals surface area contributed by atoms with Crippen molar-refractivity contribution in [3.8, 4) is 17.5 Å². The molecule has 27 heavy (non-hydrogen) atoms. The zero-order chi connectivity index (χ0) is 19.0. The van der Waals surface area contributed by atoms with Gasteiger partial charge in [0.15, 0.2) is 5.82 Å². The highest BCUT2D eigenvalue weighted by Crippen LogP contribution is 2.33. The first-order chi connectivity index (χ1) is 13.0. The lowest BCUT2D eigenvalue weighted by atomic mass is 10.1. The lowest BCUT2D eigenvalue weighted by Crippen LogP contribution is -2.25. The van der Waals surface area contributed by atoms with Crippen LogP contribution in [0.25, 0.3) is 11.5 Å². The predicted octanol–water partition coefficient (Wildman–Crippen LogP) is 3.75. The average Bonchev–Trinajstić information content (AvgIpc) is 3.29. The molecule has 0 bridgehead atoms. The van der Waals surface area contributed by atoms with E-state index in [-0.39, 0.29) is 11.8 Å². The molecular formula is C21H18N4O2. The largest absolute Gasteiger partial charge is 0.334 e. The fourth-order valence-electron chi connectivity index (χ4n) is 3.46. The van der Waals surface area contributed by atoms with Gasteiger partial charge in [-0.3, -0.25) is 4.79 Å². The molecule has 1 aliphatic rings. The van der Waals surface area contributed by atoms with Crippen molar-refractivity contribution in [2.24, 2.45) is 0 Å². The van der Waals surface area contributed by atoms with Crippen LogP contribution in [0.15, 0.2) is 47.0 Å². The molecule has 1 fully saturated rings. The number of carbonyl (C=O) groups is 1. The van der Waals surface area contributed by atoms with Crippen molar-refractivity contribution >= 4 is 11.6 Å². The van der Waals surface area contributed by atoms with E-state index < -0.39 is 0 Å². The van der Waals surface area contributed by atoms with Crippen LogP contribution in [0, 0.1) is 25.2 Å². The van der Waals surface area contributed by atoms with Crippen LogP contribution in [0.4, 0.5) is 5.69 Å². The SMILES string of the molecule is Cc1ccc(N2CC(c3noc(-c4cccc(C#N)c4)n3)CC2=O)c(C)c1. The predicted molar refractivity (Wildman–Crippen MR) is 100 cm³/mol. The number of hydrogen-bond donors (Lipinski definition) is 0. The van der Waals surface area contributed by atoms with Crippen LogP contribution in [0.3, 0.4) is 0 Å². The van der Waals surface area contributed by atoms with Crippen LogP contribution in [-0.2, 0) is 4.79 Å². The molecule has 4 rings (SSSR count). The number of aromatic nitrogens is 2. The van der Waals surface area contributed by atoms with E-state index in [1.807, 2.05) is 32.0 Å². The summed E-state index contributed by atoms with van der Waals surface area (Å²) in [6, 6.07) is 15.2. The second kappa shape index (κ2) is 6.69. The van der Waals surface area contributed by atoms with Crippen molar-refractivity contribution in [1.29, 1.82) is 5.26 Å². The third-order valence-corrected chi connectivity index (χ3v) is 4.81. The van der Waals surface area contributed by atoms with E-state index in [2.05, 4.69) is 22.3 Å². The number of carbonyl (C=O) groups excluding carboxylic acids is 1. The van der Waals surface area contributed by atoms with Crippen molar-refractivity contribution in [2.75, 3.05) is 11.4 Å². The normalized spacial score (nSPS) is 16.6. The molecule has 1 aliphatic heterocycles. The Bertz CT molecular complexity index is 1060. The molecule has 1 amide bonds. The molecule has 0 spiro atoms. The molecule has 0 N–H and O–H groups in total. The van der Waals surface area contributed by atoms with E-state index in [1.54, 1.807) is 23.1 Å². The van der Waals surface area contributed by atoms with Gasteiger partial charge in [0.05, 0.1) is 11.6 Å². The van der Waals surface area contributed by atoms with Gasteiger partial charge < -0.3 is 9.42 Å². The Balaban J connectivity index is 1.58. The highest BCUT2D eigenvalue weighted by molar-refractivity contribution is 5.97. The lowest BCUT2D eigenvalue weighted by Gasteiger charge is -2.19. The maximum atomic E-state index is 12.6. The van der Waals surface area contributed by atoms with Gasteiger partial charge in [-0.2, -0.15) is 10.2 Å². The maximum Gasteiger partial charge on any atom is 0.257 e. The number of benzene rings is 2. The van der Waals surface area contributed by atoms with Crippen LogP contribution in [0.5, 0.6) is 0 Å². The molecule has 2 heterocycles. The molecular weight excluding hydrogens is 340 g/mol. The van der Waals surface area contributed by atoms with Gasteiger partial charge >= 0.3 is 0 Å². The summed E-state index contributed by atoms with van der Waals surface area (Å²) in [6.45, 7) is 4.57. The highest BCUT2D eigenvalue weighted by atomic mass is 16.5. The molecule has 1 aromatic heterocycles. The first kappa shape index (κ1) is 17.0. The maximum absolute atomic E-state index is 12.6. The van der Waals surface area contributed by atoms with Crippen molar-refractivity contribution in [3.05, 3.63) is 65.0 Å². The van der Waals surface area contributed by atoms with E-state index in [1.165, 1.54) is 5.56 Å². The number of nitrogens with zero attached hydrogens (tertiary/aromatic N) is 4. The summed E-state index contributed by atoms with van der Waals surface area (Å²) in [6.07, 6.45) is 0.352. The summed E-state index contributed by atoms with van der Waals surface area (Å²) < 4.78 is 5.38. The van der Waals surface area contributed by atoms with Gasteiger partial charge in [-0.25, -0.2) is 0 Å². The topological polar surface area (TPSA) is 83.0 Å². The summed E-state index contributed by atoms with van der Waals surface area (Å²) in [5, 5.41) is 13.1. The Morgan fingerprint density at radius 3 is 2.85 bits per heavy atom. The Labute approximate surface area is 157 Å². The van der Waals surface area contributed by atoms with Gasteiger partial charge in [-0.05, 0) is 43.7 Å². The van der Waals surface area contributed by atoms with E-state index in [0.717, 1.165) is 11.3 Å². The molecule has 1 saturated heterocycles. The van der Waals surface area contributed by atoms with Crippen molar-refractivity contribution < 1.29 is 9.32 Å². The summed E-state index contributed by atoms with van der Waals surface area (Å²) in [7, 11) is 0. The Hall–Kier alpha value is -3.46. The van der Waals surface area contributed by atoms with Crippen molar-refractivity contribution in [1.82, 2.24) is 10.1 Å². The van der Waals surface area contributed by atoms with Crippen LogP contribution < -0.4 is 4.90 Å². The quantitative estimate of drug-likeness (QED) is 0.712. The molecule has 3 aromatic rings. The third-order valence-electron chi connectivity index (χ3n) is 4.81. The Morgan fingerprint density at radius 1 is 1.22 bits per heavy atom. The van der Waals surface area contributed by atoms with Crippen molar-refractivity contribution in [3.63, 3.8) is 0 Å². The lowest BCUT2D eigenvalue weighted by molar-refractivity contribution is -0.117. The van der Waals surface area contributed by atoms with Crippen LogP contribution in [0.1, 0.15) is 34.9 Å². The average molecular weight is 358 g/mol. The minimum absolute atomic E-state index is 0.0600. The molecule has 0 radical (unpaired) electrons. The van der Waals surface area contributed by atoms with Crippen molar-refractivity contribution in [2.45, 2.75) is 26.2 Å². The minimum Gasteiger partial charge on any atom is -0.334 e. The second-order valence-corrected chi connectivity index (χ2v) is 6.85. The van der Waals surface area contributed by atoms with E-state index in [9.17, 15) is 4.79 Å². The fourth-order valence-corrected chi connectivity index (χ4v) is 3.46. The molecule has 2 aromatic carbocycles. The number of amides is 1. The Morgan fingerprint density at radius 2 is 2.07 bits per heavy atom. The first-order valence-corrected chi connectivity index (χ1v) is 8.77. The van der Waals surface area contributed by atoms with Gasteiger partial charge in [-0.1, -0.05) is 28.9 Å². The fraction of sp³-hybridized carbons (Fsp3) is 0.238. The van der Waals surface area contributed by atoms with E-state index in [4.69, 9.17) is 9.78 Å². The molecule has 1 atom stereocenters. The molecule has 0 saturated carbocycles. The van der Waals surface area contributed by atoms with E-state index in [0.29, 0.717) is 35.8 Å². The summed E-state index contributed by atoms with van der Waals surface area (Å²) in [5.41, 5.74) is 4.40. The number of hydrogen-bond acceptors (Lipinski definition) is 5. The van der Waals surface area contributed by atoms with Crippen LogP contribution >= 0.6 is 0 Å². The Kier molecular flexibility index (Phi) is 4.21. The standard InChI is InChI=1S/C21H18N4O2/c1-13-6-7-18(14(2)8-13)25-12-17(10-19(25)26)20-23-21(27-24-20)16-5-3-4-15(9-16)11-22/h3-9,17H,10,12H2,1-2H3. The van der Waals surface area contributed by atoms with Gasteiger partial charge in [0, 0.05) is 30.1 Å². The van der Waals surface area contributed by atoms with Crippen LogP contribution in [-0.4, -0.2) is 22.6 Å². The molecule has 6 heteroatoms. The second-order valence-electron chi connectivity index (χ2n) is 6.85. The third kappa shape index (κ3) is 3.20. The highest BCUT2D eigenvalue weighted by Gasteiger charge is 2.35. The monoisotopic (exact) mass is 358 g/mol. The molecule has 0 aliphatic carbocycles. The zero-order valence-corrected chi connectivity index (χ0v) is 15.1. The molecule has 1 unspecified atom stereocenters. The first-order valence-electron chi connectivity index (χ1n) is 8.77. The van der Waals surface area contributed by atoms with E-state index >= 15 is 0 Å². The van der Waals surface area contributed by atoms with Gasteiger partial charge in [0.25, 0.3) is 5.89 Å². The number of nitriles is 1. The minimum atomic E-state index is -0.116. The number of aryl methyl sites for hydroxylation is 2. The van der Waals surface area contributed by atoms with Gasteiger partial charge in [0.2, 0.25) is 5.91 Å². The number of anilines is 1. The summed E-state index contributed by atoms with van der Waals surface area (Å²) in [4.78, 5) is 18.8.